The number of hydrogen-bond donors (Lipinski definition) is 7. The molecule has 3 saturated carbocycles. The first-order valence-corrected chi connectivity index (χ1v) is 16.5. The average molecular weight is 657 g/mol. The molecule has 0 aromatic heterocycles. The molecule has 0 saturated heterocycles. The van der Waals surface area contributed by atoms with Gasteiger partial charge in [0.05, 0.1) is 36.9 Å². The summed E-state index contributed by atoms with van der Waals surface area (Å²) in [6, 6.07) is 8.84. The summed E-state index contributed by atoms with van der Waals surface area (Å²) in [6.45, 7) is 14.1. The van der Waals surface area contributed by atoms with Crippen LogP contribution in [0.1, 0.15) is 58.9 Å². The van der Waals surface area contributed by atoms with Gasteiger partial charge in [0.15, 0.2) is 5.78 Å². The molecule has 12 atom stereocenters. The van der Waals surface area contributed by atoms with Crippen LogP contribution in [0.5, 0.6) is 0 Å². The Hall–Kier alpha value is -2.67. The molecule has 10 heteroatoms. The predicted octanol–water partition coefficient (Wildman–Crippen LogP) is 2.45. The number of aliphatic hydroxyl groups excluding tert-OH is 3. The summed E-state index contributed by atoms with van der Waals surface area (Å²) in [5.74, 6) is -4.33. The van der Waals surface area contributed by atoms with E-state index in [9.17, 15) is 40.5 Å². The first-order chi connectivity index (χ1) is 22.0. The van der Waals surface area contributed by atoms with Crippen LogP contribution in [-0.4, -0.2) is 102 Å². The van der Waals surface area contributed by atoms with Crippen molar-refractivity contribution < 1.29 is 50.0 Å². The van der Waals surface area contributed by atoms with Gasteiger partial charge >= 0.3 is 0 Å². The number of benzene rings is 1. The van der Waals surface area contributed by atoms with Crippen molar-refractivity contribution in [2.45, 2.75) is 100 Å². The Morgan fingerprint density at radius 1 is 0.979 bits per heavy atom. The highest BCUT2D eigenvalue weighted by Crippen LogP contribution is 2.62. The largest absolute Gasteiger partial charge is 0.487 e. The fraction of sp³-hybridized carbons (Fsp3) is 0.595. The monoisotopic (exact) mass is 656 g/mol. The van der Waals surface area contributed by atoms with E-state index in [4.69, 9.17) is 9.47 Å². The number of aliphatic hydroxyl groups is 7. The van der Waals surface area contributed by atoms with Crippen molar-refractivity contribution in [3.63, 3.8) is 0 Å². The van der Waals surface area contributed by atoms with Crippen LogP contribution in [0.4, 0.5) is 0 Å². The van der Waals surface area contributed by atoms with Gasteiger partial charge in [-0.3, -0.25) is 4.79 Å². The summed E-state index contributed by atoms with van der Waals surface area (Å²) in [7, 11) is 0. The van der Waals surface area contributed by atoms with Crippen molar-refractivity contribution in [1.82, 2.24) is 0 Å². The zero-order valence-corrected chi connectivity index (χ0v) is 27.8. The number of ether oxygens (including phenoxy) is 2. The molecule has 0 radical (unpaired) electrons. The van der Waals surface area contributed by atoms with Crippen LogP contribution in [0.2, 0.25) is 0 Å². The number of rotatable bonds is 12. The molecule has 7 N–H and O–H groups in total. The van der Waals surface area contributed by atoms with Crippen LogP contribution in [0, 0.1) is 23.7 Å². The third kappa shape index (κ3) is 6.31. The lowest BCUT2D eigenvalue weighted by Crippen LogP contribution is -2.71. The molecule has 1 aromatic carbocycles. The third-order valence-electron chi connectivity index (χ3n) is 10.9. The van der Waals surface area contributed by atoms with Crippen molar-refractivity contribution in [2.75, 3.05) is 13.2 Å². The minimum absolute atomic E-state index is 0.0321. The number of ketones is 1. The van der Waals surface area contributed by atoms with E-state index in [0.29, 0.717) is 5.56 Å². The van der Waals surface area contributed by atoms with Gasteiger partial charge in [-0.2, -0.15) is 0 Å². The van der Waals surface area contributed by atoms with Crippen LogP contribution >= 0.6 is 0 Å². The van der Waals surface area contributed by atoms with Crippen LogP contribution in [-0.2, 0) is 14.3 Å². The Bertz CT molecular complexity index is 1360. The van der Waals surface area contributed by atoms with Gasteiger partial charge in [-0.15, -0.1) is 0 Å². The minimum Gasteiger partial charge on any atom is -0.487 e. The third-order valence-corrected chi connectivity index (χ3v) is 10.9. The number of carbonyl (C=O) groups excluding carboxylic acids is 1. The Labute approximate surface area is 277 Å². The minimum atomic E-state index is -2.67. The second-order valence-corrected chi connectivity index (χ2v) is 13.9. The van der Waals surface area contributed by atoms with E-state index in [2.05, 4.69) is 13.2 Å². The lowest BCUT2D eigenvalue weighted by Gasteiger charge is -2.59. The lowest BCUT2D eigenvalue weighted by molar-refractivity contribution is -0.266. The lowest BCUT2D eigenvalue weighted by atomic mass is 9.53. The molecule has 3 fully saturated rings. The highest BCUT2D eigenvalue weighted by Gasteiger charge is 2.78. The molecular weight excluding hydrogens is 604 g/mol. The molecule has 1 aromatic rings. The fourth-order valence-electron chi connectivity index (χ4n) is 8.22. The topological polar surface area (TPSA) is 177 Å². The van der Waals surface area contributed by atoms with Crippen LogP contribution in [0.3, 0.4) is 0 Å². The maximum absolute atomic E-state index is 12.9. The maximum Gasteiger partial charge on any atom is 0.178 e. The van der Waals surface area contributed by atoms with Crippen LogP contribution < -0.4 is 0 Å². The van der Waals surface area contributed by atoms with Gasteiger partial charge in [0.1, 0.15) is 34.8 Å². The van der Waals surface area contributed by atoms with E-state index >= 15 is 0 Å². The van der Waals surface area contributed by atoms with E-state index in [1.54, 1.807) is 57.2 Å². The smallest absolute Gasteiger partial charge is 0.178 e. The van der Waals surface area contributed by atoms with Crippen molar-refractivity contribution in [2.24, 2.45) is 23.7 Å². The molecule has 260 valence electrons. The molecule has 47 heavy (non-hydrogen) atoms. The summed E-state index contributed by atoms with van der Waals surface area (Å²) < 4.78 is 12.1. The summed E-state index contributed by atoms with van der Waals surface area (Å²) in [6.07, 6.45) is -0.231. The van der Waals surface area contributed by atoms with Crippen molar-refractivity contribution in [3.05, 3.63) is 78.9 Å². The second-order valence-electron chi connectivity index (χ2n) is 13.9. The number of fused-ring (bicyclic) bond motifs is 3. The number of carbonyl (C=O) groups is 1. The summed E-state index contributed by atoms with van der Waals surface area (Å²) in [5, 5.41) is 85.1. The second kappa shape index (κ2) is 14.1. The molecule has 0 unspecified atom stereocenters. The zero-order valence-electron chi connectivity index (χ0n) is 27.8. The zero-order chi connectivity index (χ0) is 34.9. The predicted molar refractivity (Wildman–Crippen MR) is 177 cm³/mol. The summed E-state index contributed by atoms with van der Waals surface area (Å²) >= 11 is 0. The Kier molecular flexibility index (Phi) is 11.1. The van der Waals surface area contributed by atoms with Gasteiger partial charge in [-0.05, 0) is 62.2 Å². The van der Waals surface area contributed by atoms with Crippen molar-refractivity contribution >= 4 is 11.5 Å². The number of allylic oxidation sites excluding steroid dienone is 3. The molecule has 0 heterocycles. The Morgan fingerprint density at radius 2 is 1.62 bits per heavy atom. The molecule has 3 aliphatic carbocycles. The molecule has 3 aliphatic rings. The van der Waals surface area contributed by atoms with Gasteiger partial charge in [0.25, 0.3) is 0 Å². The van der Waals surface area contributed by atoms with E-state index < -0.39 is 77.1 Å². The normalized spacial score (nSPS) is 41.8. The molecule has 0 aliphatic heterocycles. The van der Waals surface area contributed by atoms with Crippen molar-refractivity contribution in [1.29, 1.82) is 0 Å². The average Bonchev–Trinajstić information content (AvgIpc) is 3.26. The Morgan fingerprint density at radius 3 is 2.23 bits per heavy atom. The fourth-order valence-corrected chi connectivity index (χ4v) is 8.22. The van der Waals surface area contributed by atoms with Gasteiger partial charge in [-0.1, -0.05) is 76.4 Å². The van der Waals surface area contributed by atoms with Crippen LogP contribution in [0.25, 0.3) is 5.76 Å². The molecule has 0 amide bonds. The molecule has 10 nitrogen and oxygen atoms in total. The van der Waals surface area contributed by atoms with Gasteiger partial charge in [-0.25, -0.2) is 0 Å². The van der Waals surface area contributed by atoms with Gasteiger partial charge in [0, 0.05) is 11.5 Å². The van der Waals surface area contributed by atoms with E-state index in [1.807, 2.05) is 13.0 Å². The number of hydrogen-bond acceptors (Lipinski definition) is 10. The molecular formula is C37H52O10. The molecule has 4 rings (SSSR count). The standard InChI is InChI=1S/C37H52O10/c1-7-8-16-27(38)17-12-13-18-46-21-35(43)31(40)29-32(47-25(6)26-14-10-9-11-15-26)34(42,22(2)3)20-24(5)36(29,44)28-19-23(4)30(39)37(28,45)33(35)41/h8-12,14-17,23-24,28-33,39-45H,2,6-7,13,18-21H2,1,3-5H3/b16-8+,17-12+/t23-,24+,28-,29-,30-,31-,32+,33+,34+,35+,36-,37+/m0/s1. The maximum atomic E-state index is 12.9. The van der Waals surface area contributed by atoms with E-state index in [1.165, 1.54) is 12.2 Å². The molecule has 0 spiro atoms. The van der Waals surface area contributed by atoms with Gasteiger partial charge < -0.3 is 45.2 Å². The first-order valence-electron chi connectivity index (χ1n) is 16.5. The quantitative estimate of drug-likeness (QED) is 0.0766. The highest BCUT2D eigenvalue weighted by molar-refractivity contribution is 5.99. The van der Waals surface area contributed by atoms with Gasteiger partial charge in [0.2, 0.25) is 0 Å². The van der Waals surface area contributed by atoms with E-state index in [-0.39, 0.29) is 43.0 Å². The SMILES string of the molecule is C=C(O[C@@H]1[C@@H]2[C@H](O)[C@](O)(COCC/C=C/C(=O)/C=C/CC)[C@@H](O)[C@@]3(O)[C@@H](C[C@H](C)[C@@H]3O)[C@@]2(O)[C@H](C)C[C@@]1(O)C(=C)C)c1ccccc1. The van der Waals surface area contributed by atoms with Crippen molar-refractivity contribution in [3.8, 4) is 0 Å². The summed E-state index contributed by atoms with van der Waals surface area (Å²) in [4.78, 5) is 11.9. The Balaban J connectivity index is 1.79. The first kappa shape index (κ1) is 37.2. The highest BCUT2D eigenvalue weighted by atomic mass is 16.5. The molecule has 0 bridgehead atoms. The van der Waals surface area contributed by atoms with E-state index in [0.717, 1.165) is 6.42 Å². The summed E-state index contributed by atoms with van der Waals surface area (Å²) in [5.41, 5.74) is -8.23. The van der Waals surface area contributed by atoms with Crippen LogP contribution in [0.15, 0.2) is 73.4 Å².